The summed E-state index contributed by atoms with van der Waals surface area (Å²) in [6.45, 7) is 0.0406. The summed E-state index contributed by atoms with van der Waals surface area (Å²) in [5.74, 6) is -0.154. The lowest BCUT2D eigenvalue weighted by Crippen LogP contribution is -1.95. The molecule has 0 spiro atoms. The van der Waals surface area contributed by atoms with E-state index in [0.29, 0.717) is 5.56 Å². The average molecular weight is 248 g/mol. The van der Waals surface area contributed by atoms with E-state index in [2.05, 4.69) is 0 Å². The van der Waals surface area contributed by atoms with Crippen molar-refractivity contribution in [1.29, 1.82) is 0 Å². The molecule has 0 aliphatic rings. The van der Waals surface area contributed by atoms with Gasteiger partial charge in [-0.05, 0) is 29.8 Å². The van der Waals surface area contributed by atoms with Crippen LogP contribution in [-0.4, -0.2) is 20.4 Å². The van der Waals surface area contributed by atoms with Crippen LogP contribution in [0.1, 0.15) is 5.56 Å². The first kappa shape index (κ1) is 11.9. The summed E-state index contributed by atoms with van der Waals surface area (Å²) in [4.78, 5) is 0. The number of phenols is 4. The van der Waals surface area contributed by atoms with Crippen LogP contribution in [0.2, 0.25) is 0 Å². The van der Waals surface area contributed by atoms with Crippen LogP contribution >= 0.6 is 0 Å². The Morgan fingerprint density at radius 1 is 0.778 bits per heavy atom. The molecule has 0 aliphatic carbocycles. The Labute approximate surface area is 103 Å². The summed E-state index contributed by atoms with van der Waals surface area (Å²) in [5.41, 5.74) is 0.537. The standard InChI is InChI=1S/C13H12O5/c14-9-1-2-12(17)13(6-9)18-7-8-3-10(15)5-11(16)4-8/h1-6,14-17H,7H2. The normalized spacial score (nSPS) is 10.2. The molecule has 5 nitrogen and oxygen atoms in total. The van der Waals surface area contributed by atoms with Gasteiger partial charge in [0.1, 0.15) is 23.9 Å². The maximum Gasteiger partial charge on any atom is 0.165 e. The summed E-state index contributed by atoms with van der Waals surface area (Å²) < 4.78 is 5.28. The second kappa shape index (κ2) is 4.75. The second-order valence-electron chi connectivity index (χ2n) is 3.80. The largest absolute Gasteiger partial charge is 0.508 e. The zero-order valence-corrected chi connectivity index (χ0v) is 9.37. The number of rotatable bonds is 3. The zero-order valence-electron chi connectivity index (χ0n) is 9.37. The minimum absolute atomic E-state index is 0.0263. The Morgan fingerprint density at radius 3 is 2.11 bits per heavy atom. The average Bonchev–Trinajstić information content (AvgIpc) is 2.29. The molecular formula is C13H12O5. The van der Waals surface area contributed by atoms with Crippen LogP contribution < -0.4 is 4.74 Å². The van der Waals surface area contributed by atoms with Crippen molar-refractivity contribution in [2.45, 2.75) is 6.61 Å². The minimum Gasteiger partial charge on any atom is -0.508 e. The SMILES string of the molecule is Oc1cc(O)cc(COc2cc(O)ccc2O)c1. The fourth-order valence-electron chi connectivity index (χ4n) is 1.52. The molecular weight excluding hydrogens is 236 g/mol. The summed E-state index contributed by atoms with van der Waals surface area (Å²) in [5, 5.41) is 37.3. The molecule has 2 aromatic rings. The molecule has 0 amide bonds. The molecule has 0 unspecified atom stereocenters. The summed E-state index contributed by atoms with van der Waals surface area (Å²) in [6.07, 6.45) is 0. The lowest BCUT2D eigenvalue weighted by atomic mass is 10.2. The van der Waals surface area contributed by atoms with Crippen molar-refractivity contribution >= 4 is 0 Å². The Kier molecular flexibility index (Phi) is 3.14. The number of phenolic OH excluding ortho intramolecular Hbond substituents is 4. The van der Waals surface area contributed by atoms with E-state index in [1.54, 1.807) is 0 Å². The second-order valence-corrected chi connectivity index (χ2v) is 3.80. The van der Waals surface area contributed by atoms with E-state index >= 15 is 0 Å². The predicted octanol–water partition coefficient (Wildman–Crippen LogP) is 2.09. The number of hydrogen-bond acceptors (Lipinski definition) is 5. The van der Waals surface area contributed by atoms with Crippen LogP contribution in [0.3, 0.4) is 0 Å². The molecule has 0 radical (unpaired) electrons. The molecule has 4 N–H and O–H groups in total. The van der Waals surface area contributed by atoms with E-state index < -0.39 is 0 Å². The number of ether oxygens (including phenoxy) is 1. The van der Waals surface area contributed by atoms with E-state index in [9.17, 15) is 20.4 Å². The monoisotopic (exact) mass is 248 g/mol. The van der Waals surface area contributed by atoms with Crippen LogP contribution in [0.4, 0.5) is 0 Å². The predicted molar refractivity (Wildman–Crippen MR) is 63.9 cm³/mol. The van der Waals surface area contributed by atoms with Crippen molar-refractivity contribution in [2.75, 3.05) is 0 Å². The van der Waals surface area contributed by atoms with Gasteiger partial charge < -0.3 is 25.2 Å². The first-order chi connectivity index (χ1) is 8.54. The number of aromatic hydroxyl groups is 4. The van der Waals surface area contributed by atoms with E-state index in [1.807, 2.05) is 0 Å². The molecule has 0 aromatic heterocycles. The molecule has 94 valence electrons. The van der Waals surface area contributed by atoms with E-state index in [0.717, 1.165) is 0 Å². The van der Waals surface area contributed by atoms with Gasteiger partial charge >= 0.3 is 0 Å². The summed E-state index contributed by atoms with van der Waals surface area (Å²) in [6, 6.07) is 7.99. The van der Waals surface area contributed by atoms with Gasteiger partial charge in [-0.25, -0.2) is 0 Å². The third kappa shape index (κ3) is 2.76. The third-order valence-corrected chi connectivity index (χ3v) is 2.30. The van der Waals surface area contributed by atoms with Gasteiger partial charge in [-0.2, -0.15) is 0 Å². The zero-order chi connectivity index (χ0) is 13.1. The molecule has 2 rings (SSSR count). The van der Waals surface area contributed by atoms with E-state index in [1.165, 1.54) is 36.4 Å². The molecule has 18 heavy (non-hydrogen) atoms. The highest BCUT2D eigenvalue weighted by Gasteiger charge is 2.05. The van der Waals surface area contributed by atoms with Crippen LogP contribution in [0.15, 0.2) is 36.4 Å². The van der Waals surface area contributed by atoms with Crippen molar-refractivity contribution in [2.24, 2.45) is 0 Å². The first-order valence-corrected chi connectivity index (χ1v) is 5.21. The summed E-state index contributed by atoms with van der Waals surface area (Å²) in [7, 11) is 0. The van der Waals surface area contributed by atoms with Gasteiger partial charge in [0.25, 0.3) is 0 Å². The van der Waals surface area contributed by atoms with Crippen LogP contribution in [0.25, 0.3) is 0 Å². The molecule has 0 fully saturated rings. The molecule has 0 aliphatic heterocycles. The Balaban J connectivity index is 2.13. The molecule has 0 heterocycles. The highest BCUT2D eigenvalue weighted by Crippen LogP contribution is 2.30. The van der Waals surface area contributed by atoms with Crippen LogP contribution in [0.5, 0.6) is 28.7 Å². The Hall–Kier alpha value is -2.56. The molecule has 2 aromatic carbocycles. The topological polar surface area (TPSA) is 90.2 Å². The fourth-order valence-corrected chi connectivity index (χ4v) is 1.52. The summed E-state index contributed by atoms with van der Waals surface area (Å²) >= 11 is 0. The molecule has 0 saturated carbocycles. The van der Waals surface area contributed by atoms with Crippen molar-refractivity contribution < 1.29 is 25.2 Å². The maximum absolute atomic E-state index is 9.49. The van der Waals surface area contributed by atoms with Crippen molar-refractivity contribution in [3.63, 3.8) is 0 Å². The molecule has 0 saturated heterocycles. The lowest BCUT2D eigenvalue weighted by molar-refractivity contribution is 0.286. The van der Waals surface area contributed by atoms with Gasteiger partial charge in [0.05, 0.1) is 0 Å². The Bertz CT molecular complexity index is 545. The van der Waals surface area contributed by atoms with Crippen LogP contribution in [0, 0.1) is 0 Å². The smallest absolute Gasteiger partial charge is 0.165 e. The lowest BCUT2D eigenvalue weighted by Gasteiger charge is -2.09. The first-order valence-electron chi connectivity index (χ1n) is 5.21. The number of benzene rings is 2. The van der Waals surface area contributed by atoms with Gasteiger partial charge in [-0.15, -0.1) is 0 Å². The van der Waals surface area contributed by atoms with E-state index in [4.69, 9.17) is 4.74 Å². The van der Waals surface area contributed by atoms with Gasteiger partial charge in [0.2, 0.25) is 0 Å². The van der Waals surface area contributed by atoms with Gasteiger partial charge in [0, 0.05) is 12.1 Å². The van der Waals surface area contributed by atoms with Gasteiger partial charge in [0.15, 0.2) is 11.5 Å². The molecule has 5 heteroatoms. The highest BCUT2D eigenvalue weighted by atomic mass is 16.5. The van der Waals surface area contributed by atoms with Gasteiger partial charge in [-0.3, -0.25) is 0 Å². The van der Waals surface area contributed by atoms with Crippen molar-refractivity contribution in [1.82, 2.24) is 0 Å². The maximum atomic E-state index is 9.49. The quantitative estimate of drug-likeness (QED) is 0.624. The fraction of sp³-hybridized carbons (Fsp3) is 0.0769. The van der Waals surface area contributed by atoms with Crippen molar-refractivity contribution in [3.8, 4) is 28.7 Å². The number of hydrogen-bond donors (Lipinski definition) is 4. The van der Waals surface area contributed by atoms with E-state index in [-0.39, 0.29) is 35.4 Å². The van der Waals surface area contributed by atoms with Crippen LogP contribution in [-0.2, 0) is 6.61 Å². The Morgan fingerprint density at radius 2 is 1.44 bits per heavy atom. The van der Waals surface area contributed by atoms with Crippen molar-refractivity contribution in [3.05, 3.63) is 42.0 Å². The molecule has 0 atom stereocenters. The molecule has 0 bridgehead atoms. The third-order valence-electron chi connectivity index (χ3n) is 2.30. The van der Waals surface area contributed by atoms with Gasteiger partial charge in [-0.1, -0.05) is 0 Å². The highest BCUT2D eigenvalue weighted by molar-refractivity contribution is 5.44. The minimum atomic E-state index is -0.0998.